The summed E-state index contributed by atoms with van der Waals surface area (Å²) in [7, 11) is 3.48. The van der Waals surface area contributed by atoms with Crippen LogP contribution in [0.5, 0.6) is 0 Å². The van der Waals surface area contributed by atoms with Crippen molar-refractivity contribution in [3.05, 3.63) is 0 Å². The van der Waals surface area contributed by atoms with Crippen molar-refractivity contribution in [2.45, 2.75) is 43.6 Å². The maximum atomic E-state index is 11.8. The van der Waals surface area contributed by atoms with Crippen LogP contribution in [0.4, 0.5) is 0 Å². The predicted octanol–water partition coefficient (Wildman–Crippen LogP) is 0.997. The number of aromatic nitrogens is 4. The first-order valence-corrected chi connectivity index (χ1v) is 6.28. The molecule has 1 aromatic heterocycles. The van der Waals surface area contributed by atoms with Crippen molar-refractivity contribution >= 4 is 17.7 Å². The van der Waals surface area contributed by atoms with Crippen LogP contribution in [-0.2, 0) is 10.3 Å². The Morgan fingerprint density at radius 2 is 2.00 bits per heavy atom. The number of carbonyl (C=O) groups excluding carboxylic acids is 1. The number of tetrazole rings is 1. The minimum atomic E-state index is -0.197. The van der Waals surface area contributed by atoms with Gasteiger partial charge in [0, 0.05) is 14.1 Å². The number of nitrogens with zero attached hydrogens (tertiary/aromatic N) is 5. The summed E-state index contributed by atoms with van der Waals surface area (Å²) in [4.78, 5) is 13.3. The van der Waals surface area contributed by atoms with Crippen molar-refractivity contribution in [1.82, 2.24) is 25.1 Å². The fraction of sp³-hybridized carbons (Fsp3) is 0.800. The van der Waals surface area contributed by atoms with Crippen LogP contribution in [0.25, 0.3) is 0 Å². The molecule has 0 fully saturated rings. The number of carbonyl (C=O) groups is 1. The highest BCUT2D eigenvalue weighted by Crippen LogP contribution is 2.25. The van der Waals surface area contributed by atoms with Crippen LogP contribution in [0.2, 0.25) is 0 Å². The quantitative estimate of drug-likeness (QED) is 0.756. The molecule has 96 valence electrons. The Morgan fingerprint density at radius 1 is 1.41 bits per heavy atom. The van der Waals surface area contributed by atoms with Crippen LogP contribution in [0.1, 0.15) is 27.7 Å². The normalized spacial score (nSPS) is 13.5. The van der Waals surface area contributed by atoms with Crippen LogP contribution in [0.3, 0.4) is 0 Å². The summed E-state index contributed by atoms with van der Waals surface area (Å²) < 4.78 is 1.73. The minimum absolute atomic E-state index is 0.0541. The second-order valence-electron chi connectivity index (χ2n) is 5.04. The molecule has 1 amide bonds. The summed E-state index contributed by atoms with van der Waals surface area (Å²) in [5, 5.41) is 12.0. The molecule has 0 N–H and O–H groups in total. The lowest BCUT2D eigenvalue weighted by Crippen LogP contribution is -2.31. The monoisotopic (exact) mass is 257 g/mol. The first-order chi connectivity index (χ1) is 7.73. The molecule has 17 heavy (non-hydrogen) atoms. The highest BCUT2D eigenvalue weighted by molar-refractivity contribution is 8.00. The van der Waals surface area contributed by atoms with E-state index >= 15 is 0 Å². The van der Waals surface area contributed by atoms with Crippen LogP contribution < -0.4 is 0 Å². The van der Waals surface area contributed by atoms with E-state index in [2.05, 4.69) is 15.5 Å². The number of hydrogen-bond donors (Lipinski definition) is 0. The molecule has 1 atom stereocenters. The van der Waals surface area contributed by atoms with Gasteiger partial charge in [-0.05, 0) is 38.1 Å². The van der Waals surface area contributed by atoms with Gasteiger partial charge in [-0.2, -0.15) is 0 Å². The van der Waals surface area contributed by atoms with Crippen molar-refractivity contribution in [3.63, 3.8) is 0 Å². The van der Waals surface area contributed by atoms with Crippen molar-refractivity contribution in [3.8, 4) is 0 Å². The van der Waals surface area contributed by atoms with E-state index in [0.29, 0.717) is 5.16 Å². The highest BCUT2D eigenvalue weighted by Gasteiger charge is 2.24. The van der Waals surface area contributed by atoms with E-state index in [1.54, 1.807) is 23.7 Å². The number of rotatable bonds is 3. The molecule has 0 radical (unpaired) electrons. The number of hydrogen-bond acceptors (Lipinski definition) is 5. The van der Waals surface area contributed by atoms with Crippen LogP contribution in [0, 0.1) is 0 Å². The fourth-order valence-electron chi connectivity index (χ4n) is 1.25. The lowest BCUT2D eigenvalue weighted by atomic mass is 10.1. The number of thioether (sulfide) groups is 1. The zero-order valence-electron chi connectivity index (χ0n) is 11.1. The Bertz CT molecular complexity index is 396. The SMILES string of the molecule is C[C@H](Sc1nnnn1C(C)(C)C)C(=O)N(C)C. The number of amides is 1. The van der Waals surface area contributed by atoms with E-state index < -0.39 is 0 Å². The zero-order valence-corrected chi connectivity index (χ0v) is 11.9. The summed E-state index contributed by atoms with van der Waals surface area (Å²) in [6.07, 6.45) is 0. The van der Waals surface area contributed by atoms with E-state index in [4.69, 9.17) is 0 Å². The van der Waals surface area contributed by atoms with Crippen molar-refractivity contribution in [1.29, 1.82) is 0 Å². The van der Waals surface area contributed by atoms with E-state index in [1.807, 2.05) is 27.7 Å². The molecule has 0 saturated heterocycles. The molecule has 0 bridgehead atoms. The van der Waals surface area contributed by atoms with Gasteiger partial charge >= 0.3 is 0 Å². The van der Waals surface area contributed by atoms with Gasteiger partial charge < -0.3 is 4.90 Å². The zero-order chi connectivity index (χ0) is 13.2. The molecule has 0 spiro atoms. The molecular weight excluding hydrogens is 238 g/mol. The Morgan fingerprint density at radius 3 is 2.47 bits per heavy atom. The fourth-order valence-corrected chi connectivity index (χ4v) is 2.37. The molecule has 0 aliphatic carbocycles. The maximum absolute atomic E-state index is 11.8. The smallest absolute Gasteiger partial charge is 0.235 e. The summed E-state index contributed by atoms with van der Waals surface area (Å²) >= 11 is 1.38. The van der Waals surface area contributed by atoms with Crippen LogP contribution in [0.15, 0.2) is 5.16 Å². The summed E-state index contributed by atoms with van der Waals surface area (Å²) in [6, 6.07) is 0. The van der Waals surface area contributed by atoms with E-state index in [1.165, 1.54) is 11.8 Å². The Labute approximate surface area is 106 Å². The van der Waals surface area contributed by atoms with Gasteiger partial charge in [-0.25, -0.2) is 4.68 Å². The molecule has 6 nitrogen and oxygen atoms in total. The Hall–Kier alpha value is -1.11. The second kappa shape index (κ2) is 5.03. The van der Waals surface area contributed by atoms with Gasteiger partial charge in [0.15, 0.2) is 0 Å². The topological polar surface area (TPSA) is 63.9 Å². The average molecular weight is 257 g/mol. The maximum Gasteiger partial charge on any atom is 0.235 e. The summed E-state index contributed by atoms with van der Waals surface area (Å²) in [5.41, 5.74) is -0.188. The van der Waals surface area contributed by atoms with Crippen molar-refractivity contribution in [2.75, 3.05) is 14.1 Å². The second-order valence-corrected chi connectivity index (χ2v) is 6.34. The lowest BCUT2D eigenvalue weighted by Gasteiger charge is -2.21. The first kappa shape index (κ1) is 14.0. The summed E-state index contributed by atoms with van der Waals surface area (Å²) in [5.74, 6) is 0.0541. The molecule has 0 aliphatic rings. The highest BCUT2D eigenvalue weighted by atomic mass is 32.2. The van der Waals surface area contributed by atoms with Crippen molar-refractivity contribution < 1.29 is 4.79 Å². The third-order valence-corrected chi connectivity index (χ3v) is 3.17. The molecule has 0 unspecified atom stereocenters. The average Bonchev–Trinajstić information content (AvgIpc) is 2.63. The third kappa shape index (κ3) is 3.42. The van der Waals surface area contributed by atoms with Gasteiger partial charge in [-0.3, -0.25) is 4.79 Å². The van der Waals surface area contributed by atoms with Gasteiger partial charge in [0.05, 0.1) is 10.8 Å². The minimum Gasteiger partial charge on any atom is -0.348 e. The van der Waals surface area contributed by atoms with E-state index in [0.717, 1.165) is 0 Å². The van der Waals surface area contributed by atoms with Gasteiger partial charge in [0.1, 0.15) is 0 Å². The van der Waals surface area contributed by atoms with Crippen LogP contribution in [-0.4, -0.2) is 50.4 Å². The molecular formula is C10H19N5OS. The third-order valence-electron chi connectivity index (χ3n) is 2.15. The first-order valence-electron chi connectivity index (χ1n) is 5.40. The van der Waals surface area contributed by atoms with Crippen LogP contribution >= 0.6 is 11.8 Å². The molecule has 0 saturated carbocycles. The molecule has 1 heterocycles. The molecule has 7 heteroatoms. The molecule has 1 rings (SSSR count). The van der Waals surface area contributed by atoms with Gasteiger partial charge in [0.25, 0.3) is 0 Å². The Kier molecular flexibility index (Phi) is 4.13. The predicted molar refractivity (Wildman–Crippen MR) is 66.8 cm³/mol. The Balaban J connectivity index is 2.83. The molecule has 0 aliphatic heterocycles. The standard InChI is InChI=1S/C10H19N5OS/c1-7(8(16)14(5)6)17-9-11-12-13-15(9)10(2,3)4/h7H,1-6H3/t7-/m0/s1. The van der Waals surface area contributed by atoms with Gasteiger partial charge in [-0.15, -0.1) is 5.10 Å². The van der Waals surface area contributed by atoms with Gasteiger partial charge in [-0.1, -0.05) is 11.8 Å². The summed E-state index contributed by atoms with van der Waals surface area (Å²) in [6.45, 7) is 7.91. The van der Waals surface area contributed by atoms with E-state index in [-0.39, 0.29) is 16.7 Å². The lowest BCUT2D eigenvalue weighted by molar-refractivity contribution is -0.127. The van der Waals surface area contributed by atoms with Crippen molar-refractivity contribution in [2.24, 2.45) is 0 Å². The van der Waals surface area contributed by atoms with Gasteiger partial charge in [0.2, 0.25) is 11.1 Å². The molecule has 0 aromatic carbocycles. The molecule has 1 aromatic rings. The largest absolute Gasteiger partial charge is 0.348 e. The van der Waals surface area contributed by atoms with E-state index in [9.17, 15) is 4.79 Å².